The molecule has 1 heterocycles. The minimum Gasteiger partial charge on any atom is -0.392 e. The molecule has 4 nitrogen and oxygen atoms in total. The molecule has 0 saturated heterocycles. The molecule has 1 aliphatic rings. The minimum atomic E-state index is -0.0979. The predicted molar refractivity (Wildman–Crippen MR) is 246 cm³/mol. The van der Waals surface area contributed by atoms with Gasteiger partial charge in [0.15, 0.2) is 0 Å². The number of benzene rings is 8. The molecular weight excluding hydrogens is 707 g/mol. The number of nitrogens with zero attached hydrogens (tertiary/aromatic N) is 2. The molecule has 0 saturated carbocycles. The fraction of sp³-hybridized carbons (Fsp3) is 0.111. The van der Waals surface area contributed by atoms with Crippen molar-refractivity contribution in [3.63, 3.8) is 0 Å². The molecular formula is C54H49N3O. The first-order valence-electron chi connectivity index (χ1n) is 20.0. The maximum atomic E-state index is 9.63. The number of anilines is 3. The maximum Gasteiger partial charge on any atom is 0.0681 e. The third-order valence-corrected chi connectivity index (χ3v) is 11.6. The Morgan fingerprint density at radius 3 is 1.69 bits per heavy atom. The second-order valence-electron chi connectivity index (χ2n) is 15.1. The van der Waals surface area contributed by atoms with Gasteiger partial charge in [-0.15, -0.1) is 0 Å². The standard InChI is InChI=1S/C52H40N2O.C2H6.H3N/c1-52(2)48-14-8-6-12-44(48)45-30-29-43(33-49(45)52)53(40-25-18-37(19-26-40)36-10-4-3-5-11-36)41-27-20-38(21-28-41)39-22-31-51-47(32-39)46-13-7-9-15-50(46)54(51)42-23-16-35(34-55)17-24-42;1-2;/h3-33,55H,34H2,1-2H3;1-2H3;1H3. The van der Waals surface area contributed by atoms with E-state index in [9.17, 15) is 5.11 Å². The molecule has 8 aromatic carbocycles. The average Bonchev–Trinajstić information content (AvgIpc) is 3.73. The molecule has 1 aliphatic carbocycles. The third kappa shape index (κ3) is 6.47. The van der Waals surface area contributed by atoms with E-state index >= 15 is 0 Å². The third-order valence-electron chi connectivity index (χ3n) is 11.6. The largest absolute Gasteiger partial charge is 0.392 e. The van der Waals surface area contributed by atoms with Gasteiger partial charge in [-0.2, -0.15) is 0 Å². The maximum absolute atomic E-state index is 9.63. The summed E-state index contributed by atoms with van der Waals surface area (Å²) >= 11 is 0. The van der Waals surface area contributed by atoms with E-state index in [-0.39, 0.29) is 18.2 Å². The van der Waals surface area contributed by atoms with Crippen molar-refractivity contribution in [3.05, 3.63) is 205 Å². The van der Waals surface area contributed by atoms with Gasteiger partial charge in [-0.25, -0.2) is 0 Å². The fourth-order valence-electron chi connectivity index (χ4n) is 8.70. The lowest BCUT2D eigenvalue weighted by molar-refractivity contribution is 0.282. The van der Waals surface area contributed by atoms with Crippen molar-refractivity contribution in [1.82, 2.24) is 10.7 Å². The summed E-state index contributed by atoms with van der Waals surface area (Å²) in [6.07, 6.45) is 0. The number of rotatable bonds is 7. The van der Waals surface area contributed by atoms with Crippen molar-refractivity contribution in [2.24, 2.45) is 0 Å². The topological polar surface area (TPSA) is 63.4 Å². The normalized spacial score (nSPS) is 12.3. The van der Waals surface area contributed by atoms with Crippen LogP contribution in [-0.2, 0) is 12.0 Å². The van der Waals surface area contributed by atoms with Gasteiger partial charge >= 0.3 is 0 Å². The lowest BCUT2D eigenvalue weighted by Crippen LogP contribution is -2.16. The molecule has 0 amide bonds. The van der Waals surface area contributed by atoms with E-state index in [1.165, 1.54) is 55.3 Å². The zero-order chi connectivity index (χ0) is 39.1. The predicted octanol–water partition coefficient (Wildman–Crippen LogP) is 14.6. The van der Waals surface area contributed by atoms with Crippen molar-refractivity contribution in [2.45, 2.75) is 39.7 Å². The van der Waals surface area contributed by atoms with E-state index in [4.69, 9.17) is 0 Å². The highest BCUT2D eigenvalue weighted by Gasteiger charge is 2.35. The molecule has 286 valence electrons. The number of hydrogen-bond acceptors (Lipinski definition) is 3. The van der Waals surface area contributed by atoms with Crippen LogP contribution in [0.1, 0.15) is 44.4 Å². The second-order valence-corrected chi connectivity index (χ2v) is 15.1. The van der Waals surface area contributed by atoms with Crippen molar-refractivity contribution < 1.29 is 5.11 Å². The van der Waals surface area contributed by atoms with Crippen LogP contribution in [0, 0.1) is 0 Å². The van der Waals surface area contributed by atoms with Crippen LogP contribution in [0.5, 0.6) is 0 Å². The van der Waals surface area contributed by atoms with E-state index < -0.39 is 0 Å². The van der Waals surface area contributed by atoms with Crippen molar-refractivity contribution >= 4 is 38.9 Å². The van der Waals surface area contributed by atoms with Gasteiger partial charge in [-0.3, -0.25) is 0 Å². The molecule has 58 heavy (non-hydrogen) atoms. The van der Waals surface area contributed by atoms with Gasteiger partial charge < -0.3 is 20.7 Å². The van der Waals surface area contributed by atoms with Crippen LogP contribution < -0.4 is 11.1 Å². The molecule has 0 unspecified atom stereocenters. The summed E-state index contributed by atoms with van der Waals surface area (Å²) in [6.45, 7) is 8.72. The van der Waals surface area contributed by atoms with Gasteiger partial charge in [0, 0.05) is 38.9 Å². The van der Waals surface area contributed by atoms with Crippen LogP contribution in [0.4, 0.5) is 17.1 Å². The number of fused-ring (bicyclic) bond motifs is 6. The van der Waals surface area contributed by atoms with Crippen LogP contribution >= 0.6 is 0 Å². The molecule has 10 rings (SSSR count). The monoisotopic (exact) mass is 755 g/mol. The summed E-state index contributed by atoms with van der Waals surface area (Å²) in [4.78, 5) is 2.39. The Bertz CT molecular complexity index is 2850. The quantitative estimate of drug-likeness (QED) is 0.170. The van der Waals surface area contributed by atoms with Crippen LogP contribution in [-0.4, -0.2) is 9.67 Å². The van der Waals surface area contributed by atoms with Gasteiger partial charge in [0.2, 0.25) is 0 Å². The van der Waals surface area contributed by atoms with Gasteiger partial charge in [0.05, 0.1) is 17.6 Å². The van der Waals surface area contributed by atoms with Gasteiger partial charge in [0.25, 0.3) is 0 Å². The lowest BCUT2D eigenvalue weighted by atomic mass is 9.82. The molecule has 4 heteroatoms. The van der Waals surface area contributed by atoms with E-state index in [1.807, 2.05) is 26.0 Å². The van der Waals surface area contributed by atoms with E-state index in [0.29, 0.717) is 0 Å². The molecule has 0 fully saturated rings. The first kappa shape index (κ1) is 38.2. The number of aliphatic hydroxyl groups excluding tert-OH is 1. The molecule has 1 aromatic heterocycles. The Kier molecular flexibility index (Phi) is 10.3. The molecule has 0 aliphatic heterocycles. The molecule has 0 spiro atoms. The second kappa shape index (κ2) is 15.7. The van der Waals surface area contributed by atoms with Gasteiger partial charge in [-0.1, -0.05) is 149 Å². The van der Waals surface area contributed by atoms with Crippen LogP contribution in [0.2, 0.25) is 0 Å². The summed E-state index contributed by atoms with van der Waals surface area (Å²) in [7, 11) is 0. The lowest BCUT2D eigenvalue weighted by Gasteiger charge is -2.28. The minimum absolute atomic E-state index is 0. The summed E-state index contributed by atoms with van der Waals surface area (Å²) in [5, 5.41) is 12.1. The Morgan fingerprint density at radius 1 is 0.466 bits per heavy atom. The Morgan fingerprint density at radius 2 is 1.00 bits per heavy atom. The smallest absolute Gasteiger partial charge is 0.0681 e. The van der Waals surface area contributed by atoms with Crippen molar-refractivity contribution in [3.8, 4) is 39.1 Å². The Balaban J connectivity index is 0.00000154. The van der Waals surface area contributed by atoms with Gasteiger partial charge in [0.1, 0.15) is 0 Å². The first-order chi connectivity index (χ1) is 28.0. The highest BCUT2D eigenvalue weighted by Crippen LogP contribution is 2.50. The van der Waals surface area contributed by atoms with E-state index in [1.54, 1.807) is 0 Å². The van der Waals surface area contributed by atoms with Crippen molar-refractivity contribution in [1.29, 1.82) is 0 Å². The highest BCUT2D eigenvalue weighted by atomic mass is 16.3. The summed E-state index contributed by atoms with van der Waals surface area (Å²) in [6, 6.07) is 67.9. The van der Waals surface area contributed by atoms with Crippen molar-refractivity contribution in [2.75, 3.05) is 4.90 Å². The van der Waals surface area contributed by atoms with Crippen LogP contribution in [0.3, 0.4) is 0 Å². The molecule has 0 atom stereocenters. The SMILES string of the molecule is CC.CC1(C)c2ccccc2-c2ccc(N(c3ccc(-c4ccccc4)cc3)c3ccc(-c4ccc5c(c4)c4ccccc4n5-c4ccc(CO)cc4)cc3)cc21.N. The van der Waals surface area contributed by atoms with E-state index in [2.05, 4.69) is 199 Å². The number of para-hydroxylation sites is 1. The summed E-state index contributed by atoms with van der Waals surface area (Å²) < 4.78 is 2.32. The zero-order valence-corrected chi connectivity index (χ0v) is 33.7. The number of hydrogen-bond donors (Lipinski definition) is 2. The first-order valence-corrected chi connectivity index (χ1v) is 20.0. The molecule has 0 radical (unpaired) electrons. The molecule has 9 aromatic rings. The average molecular weight is 756 g/mol. The Hall–Kier alpha value is -6.72. The summed E-state index contributed by atoms with van der Waals surface area (Å²) in [5.41, 5.74) is 17.7. The van der Waals surface area contributed by atoms with Crippen LogP contribution in [0.25, 0.3) is 60.9 Å². The highest BCUT2D eigenvalue weighted by molar-refractivity contribution is 6.10. The zero-order valence-electron chi connectivity index (χ0n) is 33.7. The fourth-order valence-corrected chi connectivity index (χ4v) is 8.70. The van der Waals surface area contributed by atoms with Crippen LogP contribution in [0.15, 0.2) is 188 Å². The molecule has 4 N–H and O–H groups in total. The summed E-state index contributed by atoms with van der Waals surface area (Å²) in [5.74, 6) is 0. The number of aromatic nitrogens is 1. The Labute approximate surface area is 341 Å². The number of aliphatic hydroxyl groups is 1. The molecule has 0 bridgehead atoms. The van der Waals surface area contributed by atoms with E-state index in [0.717, 1.165) is 39.3 Å². The van der Waals surface area contributed by atoms with Gasteiger partial charge in [-0.05, 0) is 117 Å².